The Labute approximate surface area is 178 Å². The van der Waals surface area contributed by atoms with Crippen molar-refractivity contribution in [3.05, 3.63) is 70.0 Å². The highest BCUT2D eigenvalue weighted by Gasteiger charge is 2.25. The van der Waals surface area contributed by atoms with Crippen molar-refractivity contribution in [2.45, 2.75) is 26.8 Å². The summed E-state index contributed by atoms with van der Waals surface area (Å²) in [5, 5.41) is 12.2. The van der Waals surface area contributed by atoms with Crippen molar-refractivity contribution in [3.8, 4) is 6.07 Å². The van der Waals surface area contributed by atoms with Crippen LogP contribution in [0.1, 0.15) is 38.1 Å². The van der Waals surface area contributed by atoms with Crippen LogP contribution >= 0.6 is 15.9 Å². The molecule has 1 aromatic carbocycles. The summed E-state index contributed by atoms with van der Waals surface area (Å²) in [5.74, 6) is -0.947. The van der Waals surface area contributed by atoms with Crippen LogP contribution in [0.2, 0.25) is 0 Å². The van der Waals surface area contributed by atoms with Gasteiger partial charge >= 0.3 is 5.97 Å². The Bertz CT molecular complexity index is 944. The SMILES string of the molecule is CC(C)(C)C(=O)OC[C@H](NC(=O)C(C#N)=Cc1cccc(Br)n1)c1ccccc1. The van der Waals surface area contributed by atoms with Crippen LogP contribution in [0, 0.1) is 16.7 Å². The van der Waals surface area contributed by atoms with Crippen molar-refractivity contribution in [2.24, 2.45) is 5.41 Å². The molecule has 0 saturated heterocycles. The number of nitriles is 1. The van der Waals surface area contributed by atoms with Gasteiger partial charge in [0.15, 0.2) is 0 Å². The lowest BCUT2D eigenvalue weighted by molar-refractivity contribution is -0.154. The maximum absolute atomic E-state index is 12.7. The standard InChI is InChI=1S/C22H22BrN3O3/c1-22(2,3)21(28)29-14-18(15-8-5-4-6-9-15)26-20(27)16(13-24)12-17-10-7-11-19(23)25-17/h4-12,18H,14H2,1-3H3,(H,26,27)/t18-/m0/s1. The van der Waals surface area contributed by atoms with E-state index in [9.17, 15) is 14.9 Å². The lowest BCUT2D eigenvalue weighted by Gasteiger charge is -2.22. The molecule has 0 aliphatic carbocycles. The highest BCUT2D eigenvalue weighted by Crippen LogP contribution is 2.19. The molecule has 0 saturated carbocycles. The molecule has 0 aliphatic rings. The van der Waals surface area contributed by atoms with Crippen LogP contribution in [0.5, 0.6) is 0 Å². The molecule has 2 rings (SSSR count). The number of aromatic nitrogens is 1. The number of halogens is 1. The Morgan fingerprint density at radius 2 is 1.90 bits per heavy atom. The quantitative estimate of drug-likeness (QED) is 0.305. The van der Waals surface area contributed by atoms with Crippen molar-refractivity contribution < 1.29 is 14.3 Å². The number of amides is 1. The molecule has 1 heterocycles. The largest absolute Gasteiger partial charge is 0.463 e. The highest BCUT2D eigenvalue weighted by molar-refractivity contribution is 9.10. The van der Waals surface area contributed by atoms with E-state index < -0.39 is 17.4 Å². The molecule has 150 valence electrons. The summed E-state index contributed by atoms with van der Waals surface area (Å²) in [4.78, 5) is 29.1. The van der Waals surface area contributed by atoms with Gasteiger partial charge in [-0.2, -0.15) is 5.26 Å². The fourth-order valence-corrected chi connectivity index (χ4v) is 2.68. The molecule has 1 amide bonds. The second-order valence-corrected chi connectivity index (χ2v) is 8.15. The maximum Gasteiger partial charge on any atom is 0.311 e. The van der Waals surface area contributed by atoms with Crippen LogP contribution in [0.4, 0.5) is 0 Å². The number of nitrogens with zero attached hydrogens (tertiary/aromatic N) is 2. The summed E-state index contributed by atoms with van der Waals surface area (Å²) in [6.07, 6.45) is 1.41. The second-order valence-electron chi connectivity index (χ2n) is 7.34. The molecule has 6 nitrogen and oxygen atoms in total. The Hall–Kier alpha value is -2.98. The fourth-order valence-electron chi connectivity index (χ4n) is 2.32. The van der Waals surface area contributed by atoms with Gasteiger partial charge in [-0.3, -0.25) is 9.59 Å². The van der Waals surface area contributed by atoms with Crippen LogP contribution in [0.3, 0.4) is 0 Å². The first-order valence-electron chi connectivity index (χ1n) is 8.98. The van der Waals surface area contributed by atoms with E-state index in [0.29, 0.717) is 10.3 Å². The van der Waals surface area contributed by atoms with Crippen molar-refractivity contribution in [1.29, 1.82) is 5.26 Å². The lowest BCUT2D eigenvalue weighted by atomic mass is 9.97. The van der Waals surface area contributed by atoms with Crippen molar-refractivity contribution >= 4 is 33.9 Å². The molecule has 29 heavy (non-hydrogen) atoms. The third kappa shape index (κ3) is 6.84. The Kier molecular flexibility index (Phi) is 7.68. The van der Waals surface area contributed by atoms with Gasteiger partial charge < -0.3 is 10.1 Å². The zero-order valence-corrected chi connectivity index (χ0v) is 18.1. The molecule has 0 radical (unpaired) electrons. The first kappa shape index (κ1) is 22.3. The predicted octanol–water partition coefficient (Wildman–Crippen LogP) is 4.20. The Morgan fingerprint density at radius 1 is 1.21 bits per heavy atom. The van der Waals surface area contributed by atoms with E-state index in [1.165, 1.54) is 6.08 Å². The molecule has 0 aliphatic heterocycles. The van der Waals surface area contributed by atoms with E-state index in [-0.39, 0.29) is 18.1 Å². The maximum atomic E-state index is 12.7. The van der Waals surface area contributed by atoms with E-state index in [0.717, 1.165) is 5.56 Å². The van der Waals surface area contributed by atoms with E-state index in [4.69, 9.17) is 4.74 Å². The fraction of sp³-hybridized carbons (Fsp3) is 0.273. The van der Waals surface area contributed by atoms with Gasteiger partial charge in [-0.05, 0) is 60.5 Å². The topological polar surface area (TPSA) is 92.1 Å². The summed E-state index contributed by atoms with van der Waals surface area (Å²) >= 11 is 3.26. The normalized spacial score (nSPS) is 12.6. The van der Waals surface area contributed by atoms with E-state index >= 15 is 0 Å². The molecule has 0 unspecified atom stereocenters. The molecular formula is C22H22BrN3O3. The number of pyridine rings is 1. The molecule has 0 spiro atoms. The first-order valence-corrected chi connectivity index (χ1v) is 9.77. The average molecular weight is 456 g/mol. The molecule has 7 heteroatoms. The van der Waals surface area contributed by atoms with Gasteiger partial charge in [0.25, 0.3) is 5.91 Å². The number of rotatable bonds is 6. The molecule has 0 bridgehead atoms. The van der Waals surface area contributed by atoms with Crippen LogP contribution in [-0.2, 0) is 14.3 Å². The van der Waals surface area contributed by atoms with Crippen LogP contribution in [-0.4, -0.2) is 23.5 Å². The Morgan fingerprint density at radius 3 is 2.48 bits per heavy atom. The smallest absolute Gasteiger partial charge is 0.311 e. The molecule has 1 aromatic heterocycles. The van der Waals surface area contributed by atoms with Gasteiger partial charge in [0.05, 0.1) is 17.2 Å². The number of hydrogen-bond acceptors (Lipinski definition) is 5. The minimum Gasteiger partial charge on any atom is -0.463 e. The van der Waals surface area contributed by atoms with E-state index in [1.807, 2.05) is 36.4 Å². The number of carbonyl (C=O) groups excluding carboxylic acids is 2. The zero-order chi connectivity index (χ0) is 21.4. The summed E-state index contributed by atoms with van der Waals surface area (Å²) in [7, 11) is 0. The van der Waals surface area contributed by atoms with Gasteiger partial charge in [-0.1, -0.05) is 36.4 Å². The summed E-state index contributed by atoms with van der Waals surface area (Å²) < 4.78 is 5.99. The first-order chi connectivity index (χ1) is 13.7. The number of esters is 1. The minimum absolute atomic E-state index is 0.0420. The van der Waals surface area contributed by atoms with Gasteiger partial charge in [0, 0.05) is 0 Å². The van der Waals surface area contributed by atoms with Crippen molar-refractivity contribution in [1.82, 2.24) is 10.3 Å². The third-order valence-corrected chi connectivity index (χ3v) is 4.34. The minimum atomic E-state index is -0.657. The van der Waals surface area contributed by atoms with Gasteiger partial charge in [0.2, 0.25) is 0 Å². The summed E-state index contributed by atoms with van der Waals surface area (Å²) in [5.41, 5.74) is 0.482. The zero-order valence-electron chi connectivity index (χ0n) is 16.5. The third-order valence-electron chi connectivity index (χ3n) is 3.89. The molecular weight excluding hydrogens is 434 g/mol. The van der Waals surface area contributed by atoms with Crippen LogP contribution in [0.15, 0.2) is 58.7 Å². The van der Waals surface area contributed by atoms with E-state index in [1.54, 1.807) is 39.0 Å². The lowest BCUT2D eigenvalue weighted by Crippen LogP contribution is -2.34. The predicted molar refractivity (Wildman–Crippen MR) is 113 cm³/mol. The second kappa shape index (κ2) is 9.99. The van der Waals surface area contributed by atoms with Gasteiger partial charge in [-0.25, -0.2) is 4.98 Å². The van der Waals surface area contributed by atoms with Gasteiger partial charge in [0.1, 0.15) is 22.9 Å². The van der Waals surface area contributed by atoms with Crippen LogP contribution < -0.4 is 5.32 Å². The van der Waals surface area contributed by atoms with E-state index in [2.05, 4.69) is 26.2 Å². The summed E-state index contributed by atoms with van der Waals surface area (Å²) in [6.45, 7) is 5.23. The number of nitrogens with one attached hydrogen (secondary N) is 1. The van der Waals surface area contributed by atoms with Crippen molar-refractivity contribution in [3.63, 3.8) is 0 Å². The van der Waals surface area contributed by atoms with Crippen LogP contribution in [0.25, 0.3) is 6.08 Å². The molecule has 1 N–H and O–H groups in total. The Balaban J connectivity index is 2.21. The summed E-state index contributed by atoms with van der Waals surface area (Å²) in [6, 6.07) is 15.6. The van der Waals surface area contributed by atoms with Gasteiger partial charge in [-0.15, -0.1) is 0 Å². The number of hydrogen-bond donors (Lipinski definition) is 1. The van der Waals surface area contributed by atoms with Crippen molar-refractivity contribution in [2.75, 3.05) is 6.61 Å². The average Bonchev–Trinajstić information content (AvgIpc) is 2.68. The number of benzene rings is 1. The monoisotopic (exact) mass is 455 g/mol. The molecule has 0 fully saturated rings. The molecule has 2 aromatic rings. The number of carbonyl (C=O) groups is 2. The number of ether oxygens (including phenoxy) is 1. The molecule has 1 atom stereocenters. The highest BCUT2D eigenvalue weighted by atomic mass is 79.9.